The van der Waals surface area contributed by atoms with Crippen LogP contribution in [0.2, 0.25) is 0 Å². The first-order valence-corrected chi connectivity index (χ1v) is 11.7. The molecule has 0 saturated heterocycles. The second kappa shape index (κ2) is 11.5. The van der Waals surface area contributed by atoms with Gasteiger partial charge in [-0.15, -0.1) is 0 Å². The van der Waals surface area contributed by atoms with Gasteiger partial charge in [0.25, 0.3) is 15.0 Å². The van der Waals surface area contributed by atoms with Crippen molar-refractivity contribution in [3.63, 3.8) is 0 Å². The van der Waals surface area contributed by atoms with Gasteiger partial charge in [-0.05, 0) is 36.9 Å². The molecule has 0 heterocycles. The normalized spacial score (nSPS) is 13.6. The third kappa shape index (κ3) is 8.23. The van der Waals surface area contributed by atoms with E-state index in [1.165, 1.54) is 37.4 Å². The lowest BCUT2D eigenvalue weighted by Gasteiger charge is -2.21. The van der Waals surface area contributed by atoms with E-state index >= 15 is 0 Å². The lowest BCUT2D eigenvalue weighted by Crippen LogP contribution is -2.50. The highest BCUT2D eigenvalue weighted by atomic mass is 32.2. The molecule has 0 aromatic rings. The van der Waals surface area contributed by atoms with Crippen molar-refractivity contribution in [3.05, 3.63) is 0 Å². The predicted octanol–water partition coefficient (Wildman–Crippen LogP) is 0.421. The first kappa shape index (κ1) is 23.9. The van der Waals surface area contributed by atoms with Crippen LogP contribution in [-0.4, -0.2) is 66.5 Å². The van der Waals surface area contributed by atoms with Crippen molar-refractivity contribution >= 4 is 55.3 Å². The van der Waals surface area contributed by atoms with E-state index in [1.54, 1.807) is 6.26 Å². The molecule has 2 atom stereocenters. The van der Waals surface area contributed by atoms with Crippen LogP contribution in [0.3, 0.4) is 0 Å². The molecule has 0 bridgehead atoms. The fraction of sp³-hybridized carbons (Fsp3) is 0.714. The molecule has 0 aliphatic heterocycles. The van der Waals surface area contributed by atoms with Crippen LogP contribution >= 0.6 is 23.5 Å². The van der Waals surface area contributed by atoms with Gasteiger partial charge in [-0.2, -0.15) is 23.5 Å². The van der Waals surface area contributed by atoms with Gasteiger partial charge in [0.05, 0.1) is 6.04 Å². The summed E-state index contributed by atoms with van der Waals surface area (Å²) < 4.78 is 25.0. The van der Waals surface area contributed by atoms with Gasteiger partial charge in [0.1, 0.15) is 6.04 Å². The average Bonchev–Trinajstić information content (AvgIpc) is 2.53. The molecule has 11 heteroatoms. The van der Waals surface area contributed by atoms with E-state index in [-0.39, 0.29) is 12.8 Å². The molecule has 25 heavy (non-hydrogen) atoms. The van der Waals surface area contributed by atoms with Gasteiger partial charge in [0.2, 0.25) is 11.8 Å². The molecule has 144 valence electrons. The Balaban J connectivity index is 5.48. The fourth-order valence-corrected chi connectivity index (χ4v) is 4.23. The Labute approximate surface area is 157 Å². The predicted molar refractivity (Wildman–Crippen MR) is 103 cm³/mol. The molecular formula is C14H25N3O5S3. The van der Waals surface area contributed by atoms with Crippen LogP contribution in [0.15, 0.2) is 0 Å². The summed E-state index contributed by atoms with van der Waals surface area (Å²) in [6.45, 7) is 2.41. The quantitative estimate of drug-likeness (QED) is 0.350. The van der Waals surface area contributed by atoms with E-state index < -0.39 is 43.9 Å². The van der Waals surface area contributed by atoms with Crippen molar-refractivity contribution in [2.45, 2.75) is 38.8 Å². The van der Waals surface area contributed by atoms with Gasteiger partial charge in [0, 0.05) is 13.8 Å². The van der Waals surface area contributed by atoms with Gasteiger partial charge < -0.3 is 10.6 Å². The summed E-state index contributed by atoms with van der Waals surface area (Å²) in [5, 5.41) is 10.6. The number of nitrogens with one attached hydrogen (secondary N) is 3. The van der Waals surface area contributed by atoms with Crippen molar-refractivity contribution in [3.8, 4) is 0 Å². The van der Waals surface area contributed by atoms with Crippen LogP contribution < -0.4 is 10.6 Å². The Morgan fingerprint density at radius 2 is 1.32 bits per heavy atom. The first-order chi connectivity index (χ1) is 11.6. The Morgan fingerprint density at radius 3 is 1.72 bits per heavy atom. The van der Waals surface area contributed by atoms with E-state index in [1.807, 2.05) is 6.26 Å². The molecule has 8 nitrogen and oxygen atoms in total. The zero-order valence-corrected chi connectivity index (χ0v) is 17.2. The maximum absolute atomic E-state index is 12.5. The van der Waals surface area contributed by atoms with E-state index in [0.29, 0.717) is 11.5 Å². The molecule has 0 aromatic heterocycles. The number of carbonyl (C=O) groups excluding carboxylic acids is 3. The van der Waals surface area contributed by atoms with Crippen LogP contribution in [0, 0.1) is 5.41 Å². The summed E-state index contributed by atoms with van der Waals surface area (Å²) >= 11 is 2.84. The molecular weight excluding hydrogens is 386 g/mol. The SMILES string of the molecule is CSCC[C@H](NC(C)=O)C(=N)S(=O)(=O)C(=O)[C@H](CCSC)NC(C)=O. The molecule has 0 rings (SSSR count). The molecule has 0 saturated carbocycles. The molecule has 0 radical (unpaired) electrons. The monoisotopic (exact) mass is 411 g/mol. The largest absolute Gasteiger partial charge is 0.347 e. The second-order valence-corrected chi connectivity index (χ2v) is 9.08. The standard InChI is InChI=1S/C14H25N3O5S3/c1-9(18)16-11(5-7-23-3)13(15)25(21,22)14(20)12(6-8-24-4)17-10(2)19/h11-12,15H,5-8H2,1-4H3,(H,16,18)(H,17,19)/t11-,12-/m0/s1. The van der Waals surface area contributed by atoms with Gasteiger partial charge in [0.15, 0.2) is 5.04 Å². The highest BCUT2D eigenvalue weighted by Gasteiger charge is 2.38. The molecule has 0 spiro atoms. The summed E-state index contributed by atoms with van der Waals surface area (Å²) in [5.74, 6) is -0.0268. The molecule has 0 aliphatic rings. The van der Waals surface area contributed by atoms with E-state index in [4.69, 9.17) is 5.41 Å². The average molecular weight is 412 g/mol. The topological polar surface area (TPSA) is 133 Å². The summed E-state index contributed by atoms with van der Waals surface area (Å²) in [4.78, 5) is 35.0. The minimum absolute atomic E-state index is 0.141. The van der Waals surface area contributed by atoms with Crippen LogP contribution in [-0.2, 0) is 24.2 Å². The minimum atomic E-state index is -4.59. The van der Waals surface area contributed by atoms with Crippen molar-refractivity contribution in [1.29, 1.82) is 5.41 Å². The van der Waals surface area contributed by atoms with Crippen LogP contribution in [0.25, 0.3) is 0 Å². The number of hydrogen-bond acceptors (Lipinski definition) is 8. The lowest BCUT2D eigenvalue weighted by atomic mass is 10.2. The summed E-state index contributed by atoms with van der Waals surface area (Å²) in [6.07, 6.45) is 3.95. The van der Waals surface area contributed by atoms with Crippen LogP contribution in [0.1, 0.15) is 26.7 Å². The van der Waals surface area contributed by atoms with E-state index in [0.717, 1.165) is 0 Å². The Morgan fingerprint density at radius 1 is 0.920 bits per heavy atom. The molecule has 0 aliphatic carbocycles. The molecule has 0 unspecified atom stereocenters. The Bertz CT molecular complexity index is 561. The third-order valence-corrected chi connectivity index (χ3v) is 6.10. The molecule has 3 N–H and O–H groups in total. The second-order valence-electron chi connectivity index (χ2n) is 5.26. The van der Waals surface area contributed by atoms with Gasteiger partial charge >= 0.3 is 0 Å². The van der Waals surface area contributed by atoms with Crippen molar-refractivity contribution in [2.75, 3.05) is 24.0 Å². The number of thioether (sulfide) groups is 2. The fourth-order valence-electron chi connectivity index (χ4n) is 1.96. The summed E-state index contributed by atoms with van der Waals surface area (Å²) in [6, 6.07) is -2.29. The lowest BCUT2D eigenvalue weighted by molar-refractivity contribution is -0.123. The van der Waals surface area contributed by atoms with Crippen LogP contribution in [0.5, 0.6) is 0 Å². The number of rotatable bonds is 10. The van der Waals surface area contributed by atoms with Crippen molar-refractivity contribution in [1.82, 2.24) is 10.6 Å². The van der Waals surface area contributed by atoms with E-state index in [9.17, 15) is 22.8 Å². The Hall–Kier alpha value is -1.07. The molecule has 0 fully saturated rings. The number of carbonyl (C=O) groups is 3. The zero-order valence-electron chi connectivity index (χ0n) is 14.7. The smallest absolute Gasteiger partial charge is 0.274 e. The number of amides is 2. The maximum Gasteiger partial charge on any atom is 0.274 e. The first-order valence-electron chi connectivity index (χ1n) is 7.47. The number of sulfone groups is 1. The molecule has 0 aromatic carbocycles. The van der Waals surface area contributed by atoms with Gasteiger partial charge in [-0.1, -0.05) is 0 Å². The summed E-state index contributed by atoms with van der Waals surface area (Å²) in [7, 11) is -4.59. The van der Waals surface area contributed by atoms with Crippen molar-refractivity contribution < 1.29 is 22.8 Å². The van der Waals surface area contributed by atoms with E-state index in [2.05, 4.69) is 10.6 Å². The highest BCUT2D eigenvalue weighted by molar-refractivity contribution is 8.19. The Kier molecular flexibility index (Phi) is 11.0. The molecule has 2 amide bonds. The third-order valence-electron chi connectivity index (χ3n) is 3.13. The zero-order chi connectivity index (χ0) is 19.6. The van der Waals surface area contributed by atoms with Gasteiger partial charge in [-0.3, -0.25) is 19.8 Å². The number of hydrogen-bond donors (Lipinski definition) is 3. The highest BCUT2D eigenvalue weighted by Crippen LogP contribution is 2.12. The summed E-state index contributed by atoms with van der Waals surface area (Å²) in [5.41, 5.74) is 0. The maximum atomic E-state index is 12.5. The van der Waals surface area contributed by atoms with Crippen LogP contribution in [0.4, 0.5) is 0 Å². The van der Waals surface area contributed by atoms with Crippen molar-refractivity contribution in [2.24, 2.45) is 0 Å². The van der Waals surface area contributed by atoms with Gasteiger partial charge in [-0.25, -0.2) is 8.42 Å². The minimum Gasteiger partial charge on any atom is -0.347 e.